The third-order valence-electron chi connectivity index (χ3n) is 5.03. The maximum absolute atomic E-state index is 12.3. The Labute approximate surface area is 164 Å². The summed E-state index contributed by atoms with van der Waals surface area (Å²) in [5, 5.41) is 19.1. The molecule has 0 spiro atoms. The molecule has 0 aliphatic heterocycles. The van der Waals surface area contributed by atoms with Gasteiger partial charge in [-0.15, -0.1) is 0 Å². The standard InChI is InChI=1S/C23H24O5/c24-21(13-8-16-6-9-18(10-7-16)23(26)27)20-12-11-19(14-22(20)25)28-15-17-4-2-1-3-5-17/h6-14,17,25H,1-5,15H2,(H,26,27)/b13-8+. The van der Waals surface area contributed by atoms with E-state index in [4.69, 9.17) is 9.84 Å². The molecular weight excluding hydrogens is 356 g/mol. The number of hydrogen-bond acceptors (Lipinski definition) is 4. The van der Waals surface area contributed by atoms with Gasteiger partial charge in [-0.2, -0.15) is 0 Å². The first-order chi connectivity index (χ1) is 13.5. The topological polar surface area (TPSA) is 83.8 Å². The number of carboxylic acid groups (broad SMARTS) is 1. The highest BCUT2D eigenvalue weighted by atomic mass is 16.5. The quantitative estimate of drug-likeness (QED) is 0.525. The third kappa shape index (κ3) is 5.22. The van der Waals surface area contributed by atoms with Crippen LogP contribution in [0.25, 0.3) is 6.08 Å². The molecule has 5 nitrogen and oxygen atoms in total. The maximum atomic E-state index is 12.3. The van der Waals surface area contributed by atoms with Crippen LogP contribution in [0.3, 0.4) is 0 Å². The van der Waals surface area contributed by atoms with Crippen LogP contribution in [0.2, 0.25) is 0 Å². The molecule has 5 heteroatoms. The van der Waals surface area contributed by atoms with Gasteiger partial charge in [-0.25, -0.2) is 4.79 Å². The molecule has 2 N–H and O–H groups in total. The second-order valence-corrected chi connectivity index (χ2v) is 7.12. The molecule has 3 rings (SSSR count). The summed E-state index contributed by atoms with van der Waals surface area (Å²) in [6.45, 7) is 0.638. The zero-order chi connectivity index (χ0) is 19.9. The number of ketones is 1. The summed E-state index contributed by atoms with van der Waals surface area (Å²) in [7, 11) is 0. The van der Waals surface area contributed by atoms with Crippen molar-refractivity contribution in [2.45, 2.75) is 32.1 Å². The summed E-state index contributed by atoms with van der Waals surface area (Å²) in [6, 6.07) is 10.9. The number of aromatic hydroxyl groups is 1. The van der Waals surface area contributed by atoms with E-state index in [9.17, 15) is 14.7 Å². The van der Waals surface area contributed by atoms with Crippen molar-refractivity contribution < 1.29 is 24.5 Å². The molecule has 146 valence electrons. The van der Waals surface area contributed by atoms with Crippen LogP contribution in [0, 0.1) is 5.92 Å². The Kier molecular flexibility index (Phi) is 6.48. The molecule has 2 aromatic carbocycles. The molecule has 0 unspecified atom stereocenters. The molecule has 0 amide bonds. The Morgan fingerprint density at radius 3 is 2.39 bits per heavy atom. The lowest BCUT2D eigenvalue weighted by Crippen LogP contribution is -2.15. The average Bonchev–Trinajstić information content (AvgIpc) is 2.71. The molecule has 0 radical (unpaired) electrons. The van der Waals surface area contributed by atoms with Crippen LogP contribution in [0.1, 0.15) is 58.4 Å². The number of hydrogen-bond donors (Lipinski definition) is 2. The molecule has 0 saturated heterocycles. The minimum Gasteiger partial charge on any atom is -0.507 e. The highest BCUT2D eigenvalue weighted by molar-refractivity contribution is 6.08. The van der Waals surface area contributed by atoms with E-state index in [1.54, 1.807) is 30.3 Å². The van der Waals surface area contributed by atoms with Gasteiger partial charge in [0.1, 0.15) is 11.5 Å². The summed E-state index contributed by atoms with van der Waals surface area (Å²) in [5.41, 5.74) is 1.08. The van der Waals surface area contributed by atoms with Crippen LogP contribution in [-0.4, -0.2) is 28.6 Å². The smallest absolute Gasteiger partial charge is 0.335 e. The number of carbonyl (C=O) groups is 2. The van der Waals surface area contributed by atoms with E-state index >= 15 is 0 Å². The van der Waals surface area contributed by atoms with E-state index in [0.29, 0.717) is 23.8 Å². The molecule has 0 bridgehead atoms. The monoisotopic (exact) mass is 380 g/mol. The molecule has 1 fully saturated rings. The highest BCUT2D eigenvalue weighted by Crippen LogP contribution is 2.27. The Morgan fingerprint density at radius 1 is 1.04 bits per heavy atom. The maximum Gasteiger partial charge on any atom is 0.335 e. The third-order valence-corrected chi connectivity index (χ3v) is 5.03. The highest BCUT2D eigenvalue weighted by Gasteiger charge is 2.15. The molecule has 1 aliphatic carbocycles. The van der Waals surface area contributed by atoms with Gasteiger partial charge in [0.15, 0.2) is 5.78 Å². The number of carbonyl (C=O) groups excluding carboxylic acids is 1. The summed E-state index contributed by atoms with van der Waals surface area (Å²) in [4.78, 5) is 23.2. The lowest BCUT2D eigenvalue weighted by Gasteiger charge is -2.21. The Bertz CT molecular complexity index is 861. The summed E-state index contributed by atoms with van der Waals surface area (Å²) < 4.78 is 5.78. The van der Waals surface area contributed by atoms with Crippen LogP contribution in [-0.2, 0) is 0 Å². The van der Waals surface area contributed by atoms with Gasteiger partial charge in [-0.1, -0.05) is 37.5 Å². The number of rotatable bonds is 7. The Hall–Kier alpha value is -3.08. The summed E-state index contributed by atoms with van der Waals surface area (Å²) in [6.07, 6.45) is 9.09. The number of phenols is 1. The van der Waals surface area contributed by atoms with E-state index < -0.39 is 5.97 Å². The minimum absolute atomic E-state index is 0.114. The number of allylic oxidation sites excluding steroid dienone is 1. The van der Waals surface area contributed by atoms with Gasteiger partial charge in [0, 0.05) is 6.07 Å². The van der Waals surface area contributed by atoms with Crippen molar-refractivity contribution in [2.75, 3.05) is 6.61 Å². The van der Waals surface area contributed by atoms with Crippen molar-refractivity contribution in [2.24, 2.45) is 5.92 Å². The van der Waals surface area contributed by atoms with Crippen LogP contribution in [0.4, 0.5) is 0 Å². The molecule has 1 saturated carbocycles. The summed E-state index contributed by atoms with van der Waals surface area (Å²) >= 11 is 0. The van der Waals surface area contributed by atoms with Crippen molar-refractivity contribution in [3.63, 3.8) is 0 Å². The molecule has 2 aromatic rings. The largest absolute Gasteiger partial charge is 0.507 e. The SMILES string of the molecule is O=C(O)c1ccc(/C=C/C(=O)c2ccc(OCC3CCCCC3)cc2O)cc1. The number of ether oxygens (including phenoxy) is 1. The molecule has 0 aromatic heterocycles. The predicted molar refractivity (Wildman–Crippen MR) is 107 cm³/mol. The number of aromatic carboxylic acids is 1. The fraction of sp³-hybridized carbons (Fsp3) is 0.304. The number of benzene rings is 2. The van der Waals surface area contributed by atoms with Gasteiger partial charge in [-0.3, -0.25) is 4.79 Å². The second-order valence-electron chi connectivity index (χ2n) is 7.12. The van der Waals surface area contributed by atoms with Crippen molar-refractivity contribution in [1.29, 1.82) is 0 Å². The lowest BCUT2D eigenvalue weighted by molar-refractivity contribution is 0.0696. The van der Waals surface area contributed by atoms with Crippen molar-refractivity contribution in [3.05, 3.63) is 65.2 Å². The van der Waals surface area contributed by atoms with Gasteiger partial charge in [0.2, 0.25) is 0 Å². The van der Waals surface area contributed by atoms with E-state index in [-0.39, 0.29) is 22.7 Å². The lowest BCUT2D eigenvalue weighted by atomic mass is 9.90. The Morgan fingerprint density at radius 2 is 1.75 bits per heavy atom. The second kappa shape index (κ2) is 9.22. The first-order valence-electron chi connectivity index (χ1n) is 9.54. The minimum atomic E-state index is -0.998. The van der Waals surface area contributed by atoms with E-state index in [2.05, 4.69) is 0 Å². The zero-order valence-electron chi connectivity index (χ0n) is 15.6. The van der Waals surface area contributed by atoms with Crippen molar-refractivity contribution in [3.8, 4) is 11.5 Å². The first kappa shape index (κ1) is 19.7. The summed E-state index contributed by atoms with van der Waals surface area (Å²) in [5.74, 6) is -0.321. The van der Waals surface area contributed by atoms with Crippen molar-refractivity contribution in [1.82, 2.24) is 0 Å². The van der Waals surface area contributed by atoms with Crippen LogP contribution >= 0.6 is 0 Å². The predicted octanol–water partition coefficient (Wildman–Crippen LogP) is 4.95. The first-order valence-corrected chi connectivity index (χ1v) is 9.54. The molecular formula is C23H24O5. The fourth-order valence-corrected chi connectivity index (χ4v) is 3.38. The van der Waals surface area contributed by atoms with E-state index in [1.165, 1.54) is 56.4 Å². The van der Waals surface area contributed by atoms with Gasteiger partial charge in [0.25, 0.3) is 0 Å². The van der Waals surface area contributed by atoms with E-state index in [0.717, 1.165) is 0 Å². The number of phenolic OH excluding ortho intramolecular Hbond substituents is 1. The van der Waals surface area contributed by atoms with Gasteiger partial charge < -0.3 is 14.9 Å². The van der Waals surface area contributed by atoms with Crippen LogP contribution < -0.4 is 4.74 Å². The van der Waals surface area contributed by atoms with Gasteiger partial charge in [-0.05, 0) is 54.7 Å². The van der Waals surface area contributed by atoms with Gasteiger partial charge >= 0.3 is 5.97 Å². The number of carboxylic acids is 1. The normalized spacial score (nSPS) is 14.9. The van der Waals surface area contributed by atoms with Crippen LogP contribution in [0.15, 0.2) is 48.5 Å². The molecule has 0 heterocycles. The van der Waals surface area contributed by atoms with E-state index in [1.807, 2.05) is 0 Å². The van der Waals surface area contributed by atoms with Crippen molar-refractivity contribution >= 4 is 17.8 Å². The van der Waals surface area contributed by atoms with Crippen LogP contribution in [0.5, 0.6) is 11.5 Å². The average molecular weight is 380 g/mol. The Balaban J connectivity index is 1.60. The molecule has 0 atom stereocenters. The zero-order valence-corrected chi connectivity index (χ0v) is 15.6. The van der Waals surface area contributed by atoms with Gasteiger partial charge in [0.05, 0.1) is 17.7 Å². The molecule has 28 heavy (non-hydrogen) atoms. The fourth-order valence-electron chi connectivity index (χ4n) is 3.38. The molecule has 1 aliphatic rings.